The maximum Gasteiger partial charge on any atom is 0.302 e. The number of nitrogens with zero attached hydrogens (tertiary/aromatic N) is 6. The Morgan fingerprint density at radius 2 is 2.03 bits per heavy atom. The first kappa shape index (κ1) is 22.0. The van der Waals surface area contributed by atoms with Crippen molar-refractivity contribution < 1.29 is 9.13 Å². The summed E-state index contributed by atoms with van der Waals surface area (Å²) in [6.45, 7) is 11.5. The van der Waals surface area contributed by atoms with Crippen molar-refractivity contribution in [3.8, 4) is 28.4 Å². The quantitative estimate of drug-likeness (QED) is 0.388. The van der Waals surface area contributed by atoms with E-state index in [1.807, 2.05) is 12.1 Å². The van der Waals surface area contributed by atoms with Gasteiger partial charge in [-0.15, -0.1) is 0 Å². The highest BCUT2D eigenvalue weighted by atomic mass is 19.1. The molecule has 1 aromatic carbocycles. The molecule has 4 heterocycles. The van der Waals surface area contributed by atoms with E-state index < -0.39 is 5.82 Å². The molecule has 0 radical (unpaired) electrons. The molecule has 34 heavy (non-hydrogen) atoms. The average Bonchev–Trinajstić information content (AvgIpc) is 3.34. The summed E-state index contributed by atoms with van der Waals surface area (Å²) in [4.78, 5) is 19.5. The fourth-order valence-corrected chi connectivity index (χ4v) is 4.47. The van der Waals surface area contributed by atoms with Crippen LogP contribution in [0.15, 0.2) is 48.9 Å². The first-order valence-corrected chi connectivity index (χ1v) is 11.3. The number of hydrogen-bond donors (Lipinski definition) is 0. The molecule has 7 nitrogen and oxygen atoms in total. The number of halogens is 1. The molecule has 1 aliphatic heterocycles. The monoisotopic (exact) mass is 456 g/mol. The lowest BCUT2D eigenvalue weighted by Crippen LogP contribution is -2.35. The van der Waals surface area contributed by atoms with E-state index in [0.29, 0.717) is 52.4 Å². The Kier molecular flexibility index (Phi) is 5.95. The summed E-state index contributed by atoms with van der Waals surface area (Å²) < 4.78 is 22.5. The highest BCUT2D eigenvalue weighted by Gasteiger charge is 2.22. The highest BCUT2D eigenvalue weighted by Crippen LogP contribution is 2.37. The second-order valence-electron chi connectivity index (χ2n) is 8.77. The van der Waals surface area contributed by atoms with E-state index in [1.165, 1.54) is 6.07 Å². The summed E-state index contributed by atoms with van der Waals surface area (Å²) >= 11 is 0. The van der Waals surface area contributed by atoms with Gasteiger partial charge in [0, 0.05) is 36.6 Å². The fourth-order valence-electron chi connectivity index (χ4n) is 4.47. The number of aryl methyl sites for hydroxylation is 1. The Morgan fingerprint density at radius 3 is 2.76 bits per heavy atom. The molecule has 1 fully saturated rings. The standard InChI is InChI=1S/C26H25FN6O/c1-17-22(27)13-20(14-30-17)23-24(19-6-8-21(28-2)9-7-19)31-26(33-12-10-29-25(23)33)34-16-18-5-4-11-32(3)15-18/h6-10,12-14,18H,4-5,11,15-16H2,1,3H3/t18-/m1/s1. The number of likely N-dealkylation sites (tertiary alicyclic amines) is 1. The normalized spacial score (nSPS) is 16.5. The molecule has 172 valence electrons. The van der Waals surface area contributed by atoms with Crippen LogP contribution in [0.3, 0.4) is 0 Å². The third-order valence-electron chi connectivity index (χ3n) is 6.27. The zero-order valence-corrected chi connectivity index (χ0v) is 19.2. The number of fused-ring (bicyclic) bond motifs is 1. The molecule has 0 unspecified atom stereocenters. The molecule has 0 bridgehead atoms. The predicted octanol–water partition coefficient (Wildman–Crippen LogP) is 5.18. The SMILES string of the molecule is [C-]#[N+]c1ccc(-c2nc(OC[C@@H]3CCCN(C)C3)n3ccnc3c2-c2cnc(C)c(F)c2)cc1. The van der Waals surface area contributed by atoms with Crippen LogP contribution in [0.2, 0.25) is 0 Å². The molecule has 5 rings (SSSR count). The molecular formula is C26H25FN6O. The van der Waals surface area contributed by atoms with Gasteiger partial charge in [-0.2, -0.15) is 4.98 Å². The van der Waals surface area contributed by atoms with Crippen LogP contribution in [-0.4, -0.2) is 51.0 Å². The maximum atomic E-state index is 14.5. The minimum absolute atomic E-state index is 0.330. The zero-order chi connectivity index (χ0) is 23.7. The number of hydrogen-bond acceptors (Lipinski definition) is 5. The minimum atomic E-state index is -0.391. The smallest absolute Gasteiger partial charge is 0.302 e. The molecule has 1 atom stereocenters. The largest absolute Gasteiger partial charge is 0.464 e. The van der Waals surface area contributed by atoms with Crippen LogP contribution in [0.25, 0.3) is 32.9 Å². The number of ether oxygens (including phenoxy) is 1. The van der Waals surface area contributed by atoms with Crippen LogP contribution < -0.4 is 4.74 Å². The Bertz CT molecular complexity index is 1370. The second-order valence-corrected chi connectivity index (χ2v) is 8.77. The van der Waals surface area contributed by atoms with E-state index >= 15 is 0 Å². The number of imidazole rings is 1. The number of aromatic nitrogens is 4. The third-order valence-corrected chi connectivity index (χ3v) is 6.27. The molecule has 8 heteroatoms. The summed E-state index contributed by atoms with van der Waals surface area (Å²) in [6, 6.07) is 9.08. The average molecular weight is 457 g/mol. The van der Waals surface area contributed by atoms with Crippen molar-refractivity contribution in [2.45, 2.75) is 19.8 Å². The summed E-state index contributed by atoms with van der Waals surface area (Å²) in [5.41, 5.74) is 4.12. The van der Waals surface area contributed by atoms with Gasteiger partial charge in [0.15, 0.2) is 11.3 Å². The van der Waals surface area contributed by atoms with Gasteiger partial charge in [-0.1, -0.05) is 24.3 Å². The summed E-state index contributed by atoms with van der Waals surface area (Å²) in [5.74, 6) is 0.0360. The molecule has 0 amide bonds. The van der Waals surface area contributed by atoms with Gasteiger partial charge in [-0.05, 0) is 45.0 Å². The molecular weight excluding hydrogens is 431 g/mol. The van der Waals surface area contributed by atoms with Gasteiger partial charge in [0.25, 0.3) is 0 Å². The topological polar surface area (TPSA) is 59.9 Å². The molecule has 4 aromatic rings. The minimum Gasteiger partial charge on any atom is -0.464 e. The van der Waals surface area contributed by atoms with Gasteiger partial charge in [0.1, 0.15) is 5.82 Å². The Balaban J connectivity index is 1.63. The van der Waals surface area contributed by atoms with Crippen LogP contribution >= 0.6 is 0 Å². The lowest BCUT2D eigenvalue weighted by molar-refractivity contribution is 0.143. The Morgan fingerprint density at radius 1 is 1.21 bits per heavy atom. The van der Waals surface area contributed by atoms with Crippen molar-refractivity contribution >= 4 is 11.3 Å². The van der Waals surface area contributed by atoms with Gasteiger partial charge < -0.3 is 9.64 Å². The van der Waals surface area contributed by atoms with E-state index in [0.717, 1.165) is 31.5 Å². The number of rotatable bonds is 5. The lowest BCUT2D eigenvalue weighted by atomic mass is 9.99. The molecule has 0 aliphatic carbocycles. The molecule has 1 saturated heterocycles. The fraction of sp³-hybridized carbons (Fsp3) is 0.308. The molecule has 3 aromatic heterocycles. The zero-order valence-electron chi connectivity index (χ0n) is 19.2. The predicted molar refractivity (Wildman–Crippen MR) is 128 cm³/mol. The van der Waals surface area contributed by atoms with Crippen molar-refractivity contribution in [3.63, 3.8) is 0 Å². The van der Waals surface area contributed by atoms with Crippen LogP contribution in [-0.2, 0) is 0 Å². The van der Waals surface area contributed by atoms with E-state index in [9.17, 15) is 4.39 Å². The summed E-state index contributed by atoms with van der Waals surface area (Å²) in [6.07, 6.45) is 7.40. The van der Waals surface area contributed by atoms with Gasteiger partial charge in [-0.3, -0.25) is 9.38 Å². The number of benzene rings is 1. The molecule has 0 spiro atoms. The first-order valence-electron chi connectivity index (χ1n) is 11.3. The first-order chi connectivity index (χ1) is 16.5. The Hall–Kier alpha value is -3.83. The van der Waals surface area contributed by atoms with Crippen molar-refractivity contribution in [3.05, 3.63) is 71.9 Å². The van der Waals surface area contributed by atoms with Crippen LogP contribution in [0.4, 0.5) is 10.1 Å². The maximum absolute atomic E-state index is 14.5. The third kappa shape index (κ3) is 4.22. The summed E-state index contributed by atoms with van der Waals surface area (Å²) in [5, 5.41) is 0. The number of piperidine rings is 1. The molecule has 0 N–H and O–H groups in total. The molecule has 1 aliphatic rings. The van der Waals surface area contributed by atoms with E-state index in [2.05, 4.69) is 26.8 Å². The second kappa shape index (κ2) is 9.20. The van der Waals surface area contributed by atoms with Gasteiger partial charge in [0.2, 0.25) is 0 Å². The lowest BCUT2D eigenvalue weighted by Gasteiger charge is -2.29. The number of pyridine rings is 1. The van der Waals surface area contributed by atoms with Crippen LogP contribution in [0.5, 0.6) is 6.01 Å². The van der Waals surface area contributed by atoms with Crippen molar-refractivity contribution in [1.82, 2.24) is 24.3 Å². The van der Waals surface area contributed by atoms with Gasteiger partial charge in [0.05, 0.1) is 30.1 Å². The van der Waals surface area contributed by atoms with Crippen LogP contribution in [0.1, 0.15) is 18.5 Å². The van der Waals surface area contributed by atoms with Gasteiger partial charge >= 0.3 is 6.01 Å². The van der Waals surface area contributed by atoms with Crippen molar-refractivity contribution in [2.75, 3.05) is 26.7 Å². The van der Waals surface area contributed by atoms with Crippen molar-refractivity contribution in [1.29, 1.82) is 0 Å². The molecule has 0 saturated carbocycles. The summed E-state index contributed by atoms with van der Waals surface area (Å²) in [7, 11) is 2.13. The van der Waals surface area contributed by atoms with Crippen molar-refractivity contribution in [2.24, 2.45) is 5.92 Å². The van der Waals surface area contributed by atoms with Gasteiger partial charge in [-0.25, -0.2) is 14.2 Å². The van der Waals surface area contributed by atoms with E-state index in [1.54, 1.807) is 42.0 Å². The van der Waals surface area contributed by atoms with E-state index in [4.69, 9.17) is 16.3 Å². The Labute approximate surface area is 197 Å². The highest BCUT2D eigenvalue weighted by molar-refractivity contribution is 5.90. The van der Waals surface area contributed by atoms with E-state index in [-0.39, 0.29) is 0 Å². The van der Waals surface area contributed by atoms with Crippen LogP contribution in [0, 0.1) is 25.2 Å².